The van der Waals surface area contributed by atoms with Crippen LogP contribution >= 0.6 is 11.6 Å². The highest BCUT2D eigenvalue weighted by Gasteiger charge is 2.20. The van der Waals surface area contributed by atoms with E-state index in [0.717, 1.165) is 30.4 Å². The molecular weight excluding hydrogens is 304 g/mol. The predicted octanol–water partition coefficient (Wildman–Crippen LogP) is 5.66. The molecule has 0 aliphatic heterocycles. The first-order valence-electron chi connectivity index (χ1n) is 8.10. The van der Waals surface area contributed by atoms with Crippen molar-refractivity contribution >= 4 is 11.6 Å². The molecule has 1 unspecified atom stereocenters. The largest absolute Gasteiger partial charge is 0.387 e. The molecule has 0 saturated carbocycles. The summed E-state index contributed by atoms with van der Waals surface area (Å²) < 4.78 is 0. The molecule has 0 amide bonds. The smallest absolute Gasteiger partial charge is 0.0968 e. The van der Waals surface area contributed by atoms with Gasteiger partial charge in [-0.25, -0.2) is 0 Å². The van der Waals surface area contributed by atoms with E-state index in [9.17, 15) is 5.11 Å². The van der Waals surface area contributed by atoms with Gasteiger partial charge in [-0.05, 0) is 36.6 Å². The van der Waals surface area contributed by atoms with Gasteiger partial charge < -0.3 is 5.11 Å². The number of rotatable bonds is 5. The molecule has 0 radical (unpaired) electrons. The first-order chi connectivity index (χ1) is 11.1. The number of unbranched alkanes of at least 4 members (excludes halogenated alkanes) is 2. The Morgan fingerprint density at radius 3 is 2.22 bits per heavy atom. The zero-order valence-electron chi connectivity index (χ0n) is 13.7. The average Bonchev–Trinajstić information content (AvgIpc) is 2.56. The molecule has 23 heavy (non-hydrogen) atoms. The lowest BCUT2D eigenvalue weighted by molar-refractivity contribution is 0.165. The number of hydrogen-bond acceptors (Lipinski definition) is 1. The lowest BCUT2D eigenvalue weighted by Gasteiger charge is -2.19. The topological polar surface area (TPSA) is 20.2 Å². The van der Waals surface area contributed by atoms with Crippen molar-refractivity contribution in [1.82, 2.24) is 0 Å². The fourth-order valence-electron chi connectivity index (χ4n) is 2.42. The summed E-state index contributed by atoms with van der Waals surface area (Å²) in [6.45, 7) is 4.21. The van der Waals surface area contributed by atoms with E-state index < -0.39 is 6.10 Å². The molecule has 0 spiro atoms. The van der Waals surface area contributed by atoms with Gasteiger partial charge in [0.1, 0.15) is 0 Å². The van der Waals surface area contributed by atoms with Gasteiger partial charge in [-0.3, -0.25) is 0 Å². The summed E-state index contributed by atoms with van der Waals surface area (Å²) in [5.74, 6) is 6.27. The van der Waals surface area contributed by atoms with Crippen molar-refractivity contribution in [3.63, 3.8) is 0 Å². The summed E-state index contributed by atoms with van der Waals surface area (Å²) >= 11 is 5.94. The zero-order valence-corrected chi connectivity index (χ0v) is 14.5. The van der Waals surface area contributed by atoms with Crippen LogP contribution in [0.3, 0.4) is 0 Å². The van der Waals surface area contributed by atoms with Gasteiger partial charge >= 0.3 is 0 Å². The third-order valence-electron chi connectivity index (χ3n) is 3.88. The zero-order chi connectivity index (χ0) is 16.7. The number of aliphatic hydroxyl groups is 1. The second-order valence-corrected chi connectivity index (χ2v) is 6.25. The van der Waals surface area contributed by atoms with Crippen molar-refractivity contribution in [3.05, 3.63) is 70.2 Å². The van der Waals surface area contributed by atoms with E-state index in [-0.39, 0.29) is 5.92 Å². The van der Waals surface area contributed by atoms with Crippen LogP contribution in [0.1, 0.15) is 54.9 Å². The second-order valence-electron chi connectivity index (χ2n) is 5.81. The van der Waals surface area contributed by atoms with Crippen LogP contribution in [0.2, 0.25) is 5.02 Å². The Bertz CT molecular complexity index is 662. The maximum absolute atomic E-state index is 10.8. The van der Waals surface area contributed by atoms with Crippen molar-refractivity contribution in [2.24, 2.45) is 0 Å². The number of halogens is 1. The summed E-state index contributed by atoms with van der Waals surface area (Å²) in [6.07, 6.45) is 2.42. The van der Waals surface area contributed by atoms with Crippen LogP contribution in [-0.4, -0.2) is 5.11 Å². The third kappa shape index (κ3) is 5.13. The van der Waals surface area contributed by atoms with Crippen LogP contribution in [0.5, 0.6) is 0 Å². The lowest BCUT2D eigenvalue weighted by atomic mass is 9.89. The predicted molar refractivity (Wildman–Crippen MR) is 97.6 cm³/mol. The van der Waals surface area contributed by atoms with Gasteiger partial charge in [0.25, 0.3) is 0 Å². The van der Waals surface area contributed by atoms with Crippen molar-refractivity contribution in [1.29, 1.82) is 0 Å². The molecule has 0 fully saturated rings. The number of benzene rings is 2. The molecule has 0 heterocycles. The Morgan fingerprint density at radius 2 is 1.61 bits per heavy atom. The Hall–Kier alpha value is -1.75. The molecule has 0 aliphatic carbocycles. The van der Waals surface area contributed by atoms with Crippen LogP contribution in [0.25, 0.3) is 0 Å². The van der Waals surface area contributed by atoms with Crippen molar-refractivity contribution in [2.75, 3.05) is 0 Å². The first-order valence-corrected chi connectivity index (χ1v) is 8.48. The van der Waals surface area contributed by atoms with Gasteiger partial charge in [-0.15, -0.1) is 5.92 Å². The van der Waals surface area contributed by atoms with Crippen LogP contribution in [0.4, 0.5) is 0 Å². The van der Waals surface area contributed by atoms with Crippen LogP contribution in [0, 0.1) is 18.8 Å². The normalized spacial score (nSPS) is 13.0. The van der Waals surface area contributed by atoms with Crippen LogP contribution < -0.4 is 0 Å². The highest BCUT2D eigenvalue weighted by Crippen LogP contribution is 2.31. The molecule has 2 aromatic carbocycles. The number of hydrogen-bond donors (Lipinski definition) is 1. The standard InChI is InChI=1S/C21H23ClO/c1-3-4-5-6-7-20(17-10-8-16(2)9-11-17)21(23)18-12-14-19(22)15-13-18/h8-15,20-21,23H,3-5H2,1-2H3/t20?,21-/m0/s1. The van der Waals surface area contributed by atoms with E-state index in [4.69, 9.17) is 11.6 Å². The molecule has 120 valence electrons. The number of aliphatic hydroxyl groups excluding tert-OH is 1. The van der Waals surface area contributed by atoms with E-state index in [1.54, 1.807) is 12.1 Å². The van der Waals surface area contributed by atoms with Gasteiger partial charge in [0.05, 0.1) is 12.0 Å². The fraction of sp³-hybridized carbons (Fsp3) is 0.333. The summed E-state index contributed by atoms with van der Waals surface area (Å²) in [5.41, 5.74) is 3.08. The van der Waals surface area contributed by atoms with E-state index in [1.165, 1.54) is 5.56 Å². The number of aryl methyl sites for hydroxylation is 1. The third-order valence-corrected chi connectivity index (χ3v) is 4.13. The van der Waals surface area contributed by atoms with Gasteiger partial charge in [-0.1, -0.05) is 72.8 Å². The molecule has 0 aliphatic rings. The van der Waals surface area contributed by atoms with Gasteiger partial charge in [0, 0.05) is 11.4 Å². The Morgan fingerprint density at radius 1 is 1.00 bits per heavy atom. The minimum absolute atomic E-state index is 0.228. The van der Waals surface area contributed by atoms with Crippen molar-refractivity contribution < 1.29 is 5.11 Å². The highest BCUT2D eigenvalue weighted by atomic mass is 35.5. The van der Waals surface area contributed by atoms with Gasteiger partial charge in [0.15, 0.2) is 0 Å². The van der Waals surface area contributed by atoms with E-state index in [1.807, 2.05) is 24.3 Å². The summed E-state index contributed by atoms with van der Waals surface area (Å²) in [5, 5.41) is 11.5. The second kappa shape index (κ2) is 8.77. The summed E-state index contributed by atoms with van der Waals surface area (Å²) in [6, 6.07) is 15.5. The van der Waals surface area contributed by atoms with Crippen LogP contribution in [0.15, 0.2) is 48.5 Å². The minimum Gasteiger partial charge on any atom is -0.387 e. The Kier molecular flexibility index (Phi) is 6.71. The summed E-state index contributed by atoms with van der Waals surface area (Å²) in [4.78, 5) is 0. The molecule has 1 N–H and O–H groups in total. The van der Waals surface area contributed by atoms with E-state index in [0.29, 0.717) is 5.02 Å². The maximum Gasteiger partial charge on any atom is 0.0968 e. The van der Waals surface area contributed by atoms with Gasteiger partial charge in [-0.2, -0.15) is 0 Å². The Balaban J connectivity index is 2.29. The molecule has 2 aromatic rings. The summed E-state index contributed by atoms with van der Waals surface area (Å²) in [7, 11) is 0. The van der Waals surface area contributed by atoms with E-state index >= 15 is 0 Å². The molecule has 0 aromatic heterocycles. The minimum atomic E-state index is -0.663. The monoisotopic (exact) mass is 326 g/mol. The Labute approximate surface area is 144 Å². The fourth-order valence-corrected chi connectivity index (χ4v) is 2.54. The highest BCUT2D eigenvalue weighted by molar-refractivity contribution is 6.30. The first kappa shape index (κ1) is 17.6. The van der Waals surface area contributed by atoms with Crippen LogP contribution in [-0.2, 0) is 0 Å². The van der Waals surface area contributed by atoms with Crippen molar-refractivity contribution in [2.45, 2.75) is 45.1 Å². The average molecular weight is 327 g/mol. The quantitative estimate of drug-likeness (QED) is 0.555. The van der Waals surface area contributed by atoms with Gasteiger partial charge in [0.2, 0.25) is 0 Å². The molecular formula is C21H23ClO. The van der Waals surface area contributed by atoms with Crippen molar-refractivity contribution in [3.8, 4) is 11.8 Å². The molecule has 0 saturated heterocycles. The SMILES string of the molecule is CCCCC#CC(c1ccc(C)cc1)[C@@H](O)c1ccc(Cl)cc1. The molecule has 1 nitrogen and oxygen atoms in total. The molecule has 0 bridgehead atoms. The van der Waals surface area contributed by atoms with E-state index in [2.05, 4.69) is 37.8 Å². The maximum atomic E-state index is 10.8. The molecule has 2 rings (SSSR count). The molecule has 2 atom stereocenters. The molecule has 2 heteroatoms. The lowest BCUT2D eigenvalue weighted by Crippen LogP contribution is -2.09.